The fourth-order valence-electron chi connectivity index (χ4n) is 1.62. The van der Waals surface area contributed by atoms with Crippen LogP contribution in [0.1, 0.15) is 38.1 Å². The first-order valence-corrected chi connectivity index (χ1v) is 9.55. The molecule has 8 heteroatoms. The normalized spacial score (nSPS) is 14.9. The molecule has 24 heavy (non-hydrogen) atoms. The van der Waals surface area contributed by atoms with Crippen molar-refractivity contribution in [1.82, 2.24) is 9.71 Å². The average molecular weight is 358 g/mol. The van der Waals surface area contributed by atoms with E-state index in [1.54, 1.807) is 18.3 Å². The Morgan fingerprint density at radius 3 is 2.54 bits per heavy atom. The molecular weight excluding hydrogens is 332 g/mol. The topological polar surface area (TPSA) is 94.6 Å². The second-order valence-electron chi connectivity index (χ2n) is 6.73. The van der Waals surface area contributed by atoms with Gasteiger partial charge in [-0.05, 0) is 24.5 Å². The lowest BCUT2D eigenvalue weighted by molar-refractivity contribution is -0.0754. The average Bonchev–Trinajstić information content (AvgIpc) is 2.48. The van der Waals surface area contributed by atoms with Crippen molar-refractivity contribution >= 4 is 16.0 Å². The van der Waals surface area contributed by atoms with E-state index in [4.69, 9.17) is 9.47 Å². The van der Waals surface area contributed by atoms with Crippen molar-refractivity contribution in [2.45, 2.75) is 39.9 Å². The molecule has 0 bridgehead atoms. The van der Waals surface area contributed by atoms with Gasteiger partial charge >= 0.3 is 5.97 Å². The number of nitrogens with one attached hydrogen (secondary N) is 1. The number of aromatic nitrogens is 1. The highest BCUT2D eigenvalue weighted by molar-refractivity contribution is 7.88. The van der Waals surface area contributed by atoms with E-state index in [0.29, 0.717) is 5.56 Å². The van der Waals surface area contributed by atoms with Crippen LogP contribution in [0.5, 0.6) is 0 Å². The van der Waals surface area contributed by atoms with Gasteiger partial charge in [-0.3, -0.25) is 4.98 Å². The molecule has 0 aromatic carbocycles. The van der Waals surface area contributed by atoms with Gasteiger partial charge in [-0.2, -0.15) is 0 Å². The molecule has 1 aromatic heterocycles. The number of hydrogen-bond acceptors (Lipinski definition) is 6. The lowest BCUT2D eigenvalue weighted by atomic mass is 9.90. The van der Waals surface area contributed by atoms with Gasteiger partial charge in [0.2, 0.25) is 10.0 Å². The summed E-state index contributed by atoms with van der Waals surface area (Å²) in [6.45, 7) is 7.91. The Kier molecular flexibility index (Phi) is 7.31. The Bertz CT molecular complexity index is 626. The molecule has 0 aliphatic carbocycles. The van der Waals surface area contributed by atoms with Gasteiger partial charge in [-0.15, -0.1) is 0 Å². The predicted octanol–water partition coefficient (Wildman–Crippen LogP) is 1.61. The molecule has 0 saturated carbocycles. The van der Waals surface area contributed by atoms with E-state index >= 15 is 0 Å². The molecule has 0 radical (unpaired) electrons. The molecule has 1 heterocycles. The fourth-order valence-corrected chi connectivity index (χ4v) is 2.11. The highest BCUT2D eigenvalue weighted by Gasteiger charge is 2.25. The molecule has 0 aliphatic heterocycles. The third-order valence-corrected chi connectivity index (χ3v) is 4.18. The van der Waals surface area contributed by atoms with E-state index in [9.17, 15) is 13.2 Å². The number of pyridine rings is 1. The van der Waals surface area contributed by atoms with Crippen LogP contribution in [0.25, 0.3) is 0 Å². The molecule has 1 rings (SSSR count). The Labute approximate surface area is 143 Å². The van der Waals surface area contributed by atoms with Crippen molar-refractivity contribution in [3.05, 3.63) is 30.1 Å². The minimum Gasteiger partial charge on any atom is -0.459 e. The van der Waals surface area contributed by atoms with E-state index in [2.05, 4.69) is 9.71 Å². The maximum atomic E-state index is 12.0. The molecule has 0 unspecified atom stereocenters. The number of hydrogen-bond donors (Lipinski definition) is 1. The zero-order chi connectivity index (χ0) is 18.4. The summed E-state index contributed by atoms with van der Waals surface area (Å²) in [5.74, 6) is -0.528. The molecule has 0 spiro atoms. The number of esters is 1. The zero-order valence-corrected chi connectivity index (χ0v) is 15.6. The van der Waals surface area contributed by atoms with Crippen LogP contribution in [0.2, 0.25) is 0 Å². The third-order valence-electron chi connectivity index (χ3n) is 3.49. The number of nitrogens with zero attached hydrogens (tertiary/aromatic N) is 1. The van der Waals surface area contributed by atoms with Crippen LogP contribution in [0.3, 0.4) is 0 Å². The second-order valence-corrected chi connectivity index (χ2v) is 8.56. The summed E-state index contributed by atoms with van der Waals surface area (Å²) in [6.07, 6.45) is 3.29. The van der Waals surface area contributed by atoms with Crippen molar-refractivity contribution in [1.29, 1.82) is 0 Å². The van der Waals surface area contributed by atoms with Crippen molar-refractivity contribution in [2.24, 2.45) is 5.41 Å². The largest absolute Gasteiger partial charge is 0.459 e. The standard InChI is InChI=1S/C16H26N2O5S/c1-12(16(2,3)4)23-14(10-18-24(5,20)21)11-22-15(19)13-7-6-8-17-9-13/h6-9,12,14,18H,10-11H2,1-5H3/t12-,14-/m0/s1. The van der Waals surface area contributed by atoms with Crippen LogP contribution < -0.4 is 4.72 Å². The Balaban J connectivity index is 2.68. The first-order chi connectivity index (χ1) is 11.0. The van der Waals surface area contributed by atoms with Crippen molar-refractivity contribution in [3.8, 4) is 0 Å². The highest BCUT2D eigenvalue weighted by atomic mass is 32.2. The van der Waals surface area contributed by atoms with E-state index in [1.807, 2.05) is 27.7 Å². The Morgan fingerprint density at radius 1 is 1.38 bits per heavy atom. The van der Waals surface area contributed by atoms with Gasteiger partial charge in [0, 0.05) is 18.9 Å². The molecule has 7 nitrogen and oxygen atoms in total. The summed E-state index contributed by atoms with van der Waals surface area (Å²) in [7, 11) is -3.36. The maximum absolute atomic E-state index is 12.0. The second kappa shape index (κ2) is 8.55. The molecular formula is C16H26N2O5S. The molecule has 0 saturated heterocycles. The quantitative estimate of drug-likeness (QED) is 0.710. The van der Waals surface area contributed by atoms with Gasteiger partial charge in [0.15, 0.2) is 0 Å². The van der Waals surface area contributed by atoms with Crippen LogP contribution >= 0.6 is 0 Å². The van der Waals surface area contributed by atoms with Gasteiger partial charge in [-0.1, -0.05) is 20.8 Å². The molecule has 0 amide bonds. The summed E-state index contributed by atoms with van der Waals surface area (Å²) in [4.78, 5) is 15.8. The fraction of sp³-hybridized carbons (Fsp3) is 0.625. The van der Waals surface area contributed by atoms with Gasteiger partial charge in [0.05, 0.1) is 17.9 Å². The monoisotopic (exact) mass is 358 g/mol. The molecule has 1 N–H and O–H groups in total. The summed E-state index contributed by atoms with van der Waals surface area (Å²) in [5, 5.41) is 0. The number of rotatable bonds is 8. The van der Waals surface area contributed by atoms with Crippen LogP contribution in [-0.4, -0.2) is 51.0 Å². The van der Waals surface area contributed by atoms with Gasteiger partial charge in [-0.25, -0.2) is 17.9 Å². The van der Waals surface area contributed by atoms with Crippen LogP contribution in [-0.2, 0) is 19.5 Å². The highest BCUT2D eigenvalue weighted by Crippen LogP contribution is 2.23. The molecule has 2 atom stereocenters. The summed E-state index contributed by atoms with van der Waals surface area (Å²) in [6, 6.07) is 3.23. The molecule has 136 valence electrons. The number of ether oxygens (including phenoxy) is 2. The van der Waals surface area contributed by atoms with Crippen LogP contribution in [0.4, 0.5) is 0 Å². The minimum atomic E-state index is -3.36. The lowest BCUT2D eigenvalue weighted by Gasteiger charge is -2.31. The number of carbonyl (C=O) groups is 1. The SMILES string of the molecule is C[C@H](O[C@@H](CNS(C)(=O)=O)COC(=O)c1cccnc1)C(C)(C)C. The van der Waals surface area contributed by atoms with Crippen molar-refractivity contribution < 1.29 is 22.7 Å². The van der Waals surface area contributed by atoms with E-state index in [1.165, 1.54) is 6.20 Å². The van der Waals surface area contributed by atoms with Gasteiger partial charge in [0.25, 0.3) is 0 Å². The van der Waals surface area contributed by atoms with Crippen LogP contribution in [0.15, 0.2) is 24.5 Å². The molecule has 0 aliphatic rings. The minimum absolute atomic E-state index is 0.0274. The third kappa shape index (κ3) is 7.85. The summed E-state index contributed by atoms with van der Waals surface area (Å²) in [5.41, 5.74) is 0.202. The molecule has 1 aromatic rings. The zero-order valence-electron chi connectivity index (χ0n) is 14.8. The smallest absolute Gasteiger partial charge is 0.339 e. The van der Waals surface area contributed by atoms with Crippen LogP contribution in [0, 0.1) is 5.41 Å². The van der Waals surface area contributed by atoms with Gasteiger partial charge in [0.1, 0.15) is 12.7 Å². The van der Waals surface area contributed by atoms with E-state index < -0.39 is 22.1 Å². The Morgan fingerprint density at radius 2 is 2.04 bits per heavy atom. The summed E-state index contributed by atoms with van der Waals surface area (Å²) < 4.78 is 36.1. The number of sulfonamides is 1. The van der Waals surface area contributed by atoms with E-state index in [-0.39, 0.29) is 24.7 Å². The van der Waals surface area contributed by atoms with Crippen molar-refractivity contribution in [3.63, 3.8) is 0 Å². The van der Waals surface area contributed by atoms with Crippen molar-refractivity contribution in [2.75, 3.05) is 19.4 Å². The number of carbonyl (C=O) groups excluding carboxylic acids is 1. The first kappa shape index (κ1) is 20.5. The maximum Gasteiger partial charge on any atom is 0.339 e. The first-order valence-electron chi connectivity index (χ1n) is 7.66. The lowest BCUT2D eigenvalue weighted by Crippen LogP contribution is -2.40. The predicted molar refractivity (Wildman–Crippen MR) is 91.2 cm³/mol. The summed E-state index contributed by atoms with van der Waals surface area (Å²) >= 11 is 0. The molecule has 0 fully saturated rings. The Hall–Kier alpha value is -1.51. The van der Waals surface area contributed by atoms with Gasteiger partial charge < -0.3 is 9.47 Å². The van der Waals surface area contributed by atoms with E-state index in [0.717, 1.165) is 6.26 Å².